The van der Waals surface area contributed by atoms with Crippen molar-refractivity contribution >= 4 is 11.7 Å². The van der Waals surface area contributed by atoms with Gasteiger partial charge in [0.1, 0.15) is 5.78 Å². The molecule has 1 saturated carbocycles. The minimum absolute atomic E-state index is 0.0108. The molecule has 0 spiro atoms. The largest absolute Gasteiger partial charge is 0.396 e. The van der Waals surface area contributed by atoms with Crippen LogP contribution in [0.4, 0.5) is 0 Å². The monoisotopic (exact) mass is 299 g/mol. The number of nitrogens with one attached hydrogen (secondary N) is 1. The third kappa shape index (κ3) is 8.83. The maximum atomic E-state index is 11.5. The highest BCUT2D eigenvalue weighted by molar-refractivity contribution is 5.78. The van der Waals surface area contributed by atoms with E-state index in [1.54, 1.807) is 0 Å². The normalized spacial score (nSPS) is 22.0. The quantitative estimate of drug-likeness (QED) is 0.602. The Morgan fingerprint density at radius 2 is 1.81 bits per heavy atom. The number of aliphatic hydroxyl groups excluding tert-OH is 1. The van der Waals surface area contributed by atoms with Gasteiger partial charge >= 0.3 is 0 Å². The first kappa shape index (κ1) is 18.1. The third-order valence-corrected chi connectivity index (χ3v) is 4.07. The molecular formula is C16H29NO4. The summed E-state index contributed by atoms with van der Waals surface area (Å²) < 4.78 is 5.64. The minimum Gasteiger partial charge on any atom is -0.396 e. The summed E-state index contributed by atoms with van der Waals surface area (Å²) in [6, 6.07) is 0. The molecule has 5 heteroatoms. The summed E-state index contributed by atoms with van der Waals surface area (Å²) >= 11 is 0. The SMILES string of the molecule is CC(=O)CCNC(=O)CCCOCC1CCC(CO)CC1. The zero-order valence-electron chi connectivity index (χ0n) is 13.1. The number of Topliss-reactive ketones (excluding diaryl/α,β-unsaturated/α-hetero) is 1. The summed E-state index contributed by atoms with van der Waals surface area (Å²) in [6.45, 7) is 3.65. The lowest BCUT2D eigenvalue weighted by molar-refractivity contribution is -0.121. The molecule has 0 heterocycles. The van der Waals surface area contributed by atoms with Crippen molar-refractivity contribution in [2.24, 2.45) is 11.8 Å². The summed E-state index contributed by atoms with van der Waals surface area (Å²) in [6.07, 6.45) is 6.05. The summed E-state index contributed by atoms with van der Waals surface area (Å²) in [4.78, 5) is 22.2. The molecule has 1 aliphatic carbocycles. The highest BCUT2D eigenvalue weighted by Crippen LogP contribution is 2.28. The number of ketones is 1. The van der Waals surface area contributed by atoms with Gasteiger partial charge in [0.2, 0.25) is 5.91 Å². The number of hydrogen-bond donors (Lipinski definition) is 2. The summed E-state index contributed by atoms with van der Waals surface area (Å²) in [7, 11) is 0. The van der Waals surface area contributed by atoms with Crippen molar-refractivity contribution in [1.82, 2.24) is 5.32 Å². The average Bonchev–Trinajstić information content (AvgIpc) is 2.47. The number of amides is 1. The van der Waals surface area contributed by atoms with Crippen LogP contribution in [-0.2, 0) is 14.3 Å². The molecule has 1 aliphatic rings. The summed E-state index contributed by atoms with van der Waals surface area (Å²) in [5.41, 5.74) is 0. The van der Waals surface area contributed by atoms with Gasteiger partial charge in [0, 0.05) is 39.2 Å². The summed E-state index contributed by atoms with van der Waals surface area (Å²) in [5, 5.41) is 11.8. The number of aliphatic hydroxyl groups is 1. The van der Waals surface area contributed by atoms with Crippen molar-refractivity contribution in [2.75, 3.05) is 26.4 Å². The number of carbonyl (C=O) groups excluding carboxylic acids is 2. The Labute approximate surface area is 127 Å². The first-order chi connectivity index (χ1) is 10.1. The Kier molecular flexibility index (Phi) is 9.26. The van der Waals surface area contributed by atoms with E-state index in [1.807, 2.05) is 0 Å². The van der Waals surface area contributed by atoms with Crippen molar-refractivity contribution in [3.8, 4) is 0 Å². The fraction of sp³-hybridized carbons (Fsp3) is 0.875. The van der Waals surface area contributed by atoms with Crippen molar-refractivity contribution in [1.29, 1.82) is 0 Å². The van der Waals surface area contributed by atoms with E-state index in [-0.39, 0.29) is 11.7 Å². The Balaban J connectivity index is 1.92. The molecule has 1 rings (SSSR count). The maximum absolute atomic E-state index is 11.5. The van der Waals surface area contributed by atoms with Crippen LogP contribution < -0.4 is 5.32 Å². The van der Waals surface area contributed by atoms with E-state index < -0.39 is 0 Å². The van der Waals surface area contributed by atoms with Crippen LogP contribution >= 0.6 is 0 Å². The van der Waals surface area contributed by atoms with Crippen LogP contribution in [0.1, 0.15) is 51.9 Å². The average molecular weight is 299 g/mol. The van der Waals surface area contributed by atoms with Gasteiger partial charge in [-0.25, -0.2) is 0 Å². The van der Waals surface area contributed by atoms with Crippen LogP contribution in [0.3, 0.4) is 0 Å². The molecule has 5 nitrogen and oxygen atoms in total. The number of hydrogen-bond acceptors (Lipinski definition) is 4. The Morgan fingerprint density at radius 1 is 1.14 bits per heavy atom. The number of ether oxygens (including phenoxy) is 1. The second-order valence-electron chi connectivity index (χ2n) is 6.05. The minimum atomic E-state index is -0.0108. The standard InChI is InChI=1S/C16H29NO4/c1-13(19)8-9-17-16(20)3-2-10-21-12-15-6-4-14(11-18)5-7-15/h14-15,18H,2-12H2,1H3,(H,17,20). The second-order valence-corrected chi connectivity index (χ2v) is 6.05. The molecule has 0 aliphatic heterocycles. The fourth-order valence-corrected chi connectivity index (χ4v) is 2.63. The van der Waals surface area contributed by atoms with Crippen LogP contribution in [0.15, 0.2) is 0 Å². The molecule has 21 heavy (non-hydrogen) atoms. The van der Waals surface area contributed by atoms with Crippen molar-refractivity contribution < 1.29 is 19.4 Å². The van der Waals surface area contributed by atoms with E-state index in [9.17, 15) is 9.59 Å². The maximum Gasteiger partial charge on any atom is 0.220 e. The molecular weight excluding hydrogens is 270 g/mol. The topological polar surface area (TPSA) is 75.6 Å². The van der Waals surface area contributed by atoms with Crippen molar-refractivity contribution in [3.05, 3.63) is 0 Å². The van der Waals surface area contributed by atoms with Gasteiger partial charge in [0.25, 0.3) is 0 Å². The first-order valence-corrected chi connectivity index (χ1v) is 8.06. The zero-order valence-corrected chi connectivity index (χ0v) is 13.1. The lowest BCUT2D eigenvalue weighted by Gasteiger charge is -2.27. The lowest BCUT2D eigenvalue weighted by atomic mass is 9.83. The zero-order chi connectivity index (χ0) is 15.5. The molecule has 0 saturated heterocycles. The van der Waals surface area contributed by atoms with Gasteiger partial charge in [0.05, 0.1) is 0 Å². The molecule has 0 atom stereocenters. The van der Waals surface area contributed by atoms with Gasteiger partial charge in [-0.2, -0.15) is 0 Å². The molecule has 0 bridgehead atoms. The molecule has 122 valence electrons. The van der Waals surface area contributed by atoms with E-state index in [4.69, 9.17) is 9.84 Å². The van der Waals surface area contributed by atoms with Gasteiger partial charge in [-0.1, -0.05) is 0 Å². The molecule has 0 unspecified atom stereocenters. The predicted molar refractivity (Wildman–Crippen MR) is 80.9 cm³/mol. The van der Waals surface area contributed by atoms with Crippen LogP contribution in [0.5, 0.6) is 0 Å². The van der Waals surface area contributed by atoms with E-state index in [2.05, 4.69) is 5.32 Å². The van der Waals surface area contributed by atoms with E-state index in [0.29, 0.717) is 44.4 Å². The van der Waals surface area contributed by atoms with E-state index in [1.165, 1.54) is 6.92 Å². The molecule has 2 N–H and O–H groups in total. The first-order valence-electron chi connectivity index (χ1n) is 8.06. The number of carbonyl (C=O) groups is 2. The smallest absolute Gasteiger partial charge is 0.220 e. The van der Waals surface area contributed by atoms with E-state index >= 15 is 0 Å². The fourth-order valence-electron chi connectivity index (χ4n) is 2.63. The molecule has 0 aromatic carbocycles. The summed E-state index contributed by atoms with van der Waals surface area (Å²) in [5.74, 6) is 1.18. The third-order valence-electron chi connectivity index (χ3n) is 4.07. The predicted octanol–water partition coefficient (Wildman–Crippen LogP) is 1.68. The lowest BCUT2D eigenvalue weighted by Crippen LogP contribution is -2.25. The number of rotatable bonds is 10. The van der Waals surface area contributed by atoms with Crippen molar-refractivity contribution in [2.45, 2.75) is 51.9 Å². The molecule has 1 fully saturated rings. The Bertz CT molecular complexity index is 311. The molecule has 0 aromatic rings. The van der Waals surface area contributed by atoms with Gasteiger partial charge in [-0.3, -0.25) is 9.59 Å². The van der Waals surface area contributed by atoms with Gasteiger partial charge in [-0.15, -0.1) is 0 Å². The van der Waals surface area contributed by atoms with Crippen molar-refractivity contribution in [3.63, 3.8) is 0 Å². The van der Waals surface area contributed by atoms with Gasteiger partial charge in [-0.05, 0) is 50.9 Å². The van der Waals surface area contributed by atoms with E-state index in [0.717, 1.165) is 38.7 Å². The van der Waals surface area contributed by atoms with Gasteiger partial charge in [0.15, 0.2) is 0 Å². The van der Waals surface area contributed by atoms with Crippen LogP contribution in [0.25, 0.3) is 0 Å². The van der Waals surface area contributed by atoms with Gasteiger partial charge < -0.3 is 15.2 Å². The highest BCUT2D eigenvalue weighted by atomic mass is 16.5. The second kappa shape index (κ2) is 10.7. The highest BCUT2D eigenvalue weighted by Gasteiger charge is 2.20. The Morgan fingerprint density at radius 3 is 2.43 bits per heavy atom. The molecule has 0 aromatic heterocycles. The molecule has 1 amide bonds. The van der Waals surface area contributed by atoms with Crippen LogP contribution in [-0.4, -0.2) is 43.2 Å². The van der Waals surface area contributed by atoms with Crippen LogP contribution in [0.2, 0.25) is 0 Å². The molecule has 0 radical (unpaired) electrons. The van der Waals surface area contributed by atoms with Crippen LogP contribution in [0, 0.1) is 11.8 Å². The Hall–Kier alpha value is -0.940.